The first kappa shape index (κ1) is 23.2. The molecule has 3 aromatic carbocycles. The average Bonchev–Trinajstić information content (AvgIpc) is 3.21. The number of hydrogen-bond donors (Lipinski definition) is 2. The third-order valence-electron chi connectivity index (χ3n) is 4.73. The lowest BCUT2D eigenvalue weighted by Crippen LogP contribution is -2.15. The van der Waals surface area contributed by atoms with Crippen LogP contribution in [0, 0.1) is 6.92 Å². The van der Waals surface area contributed by atoms with Crippen LogP contribution in [0.4, 0.5) is 11.4 Å². The minimum Gasteiger partial charge on any atom is -0.378 e. The molecule has 0 unspecified atom stereocenters. The van der Waals surface area contributed by atoms with Crippen molar-refractivity contribution in [3.05, 3.63) is 94.2 Å². The number of rotatable bonds is 8. The van der Waals surface area contributed by atoms with Gasteiger partial charge in [0.25, 0.3) is 0 Å². The summed E-state index contributed by atoms with van der Waals surface area (Å²) in [5.41, 5.74) is 3.69. The Labute approximate surface area is 206 Å². The van der Waals surface area contributed by atoms with Gasteiger partial charge in [-0.05, 0) is 61.5 Å². The van der Waals surface area contributed by atoms with Crippen LogP contribution < -0.4 is 10.6 Å². The van der Waals surface area contributed by atoms with Crippen LogP contribution in [0.2, 0.25) is 10.0 Å². The van der Waals surface area contributed by atoms with Gasteiger partial charge in [-0.2, -0.15) is 0 Å². The average molecular weight is 498 g/mol. The molecule has 1 amide bonds. The smallest absolute Gasteiger partial charge is 0.234 e. The normalized spacial score (nSPS) is 10.8. The molecule has 9 heteroatoms. The quantitative estimate of drug-likeness (QED) is 0.282. The third kappa shape index (κ3) is 6.28. The van der Waals surface area contributed by atoms with Gasteiger partial charge in [0, 0.05) is 27.1 Å². The molecule has 168 valence electrons. The molecule has 4 aromatic rings. The summed E-state index contributed by atoms with van der Waals surface area (Å²) in [5.74, 6) is 0.729. The van der Waals surface area contributed by atoms with Crippen molar-refractivity contribution in [3.8, 4) is 5.69 Å². The highest BCUT2D eigenvalue weighted by Gasteiger charge is 2.16. The number of carbonyl (C=O) groups excluding carboxylic acids is 1. The van der Waals surface area contributed by atoms with E-state index in [9.17, 15) is 4.79 Å². The molecular formula is C24H21Cl2N5OS. The third-order valence-corrected chi connectivity index (χ3v) is 6.14. The molecule has 4 rings (SSSR count). The number of amides is 1. The summed E-state index contributed by atoms with van der Waals surface area (Å²) >= 11 is 13.4. The van der Waals surface area contributed by atoms with Gasteiger partial charge in [-0.1, -0.05) is 58.7 Å². The number of benzene rings is 3. The van der Waals surface area contributed by atoms with Gasteiger partial charge in [0.2, 0.25) is 5.91 Å². The molecule has 0 aliphatic carbocycles. The van der Waals surface area contributed by atoms with Crippen LogP contribution in [0.3, 0.4) is 0 Å². The lowest BCUT2D eigenvalue weighted by Gasteiger charge is -2.12. The van der Waals surface area contributed by atoms with Crippen LogP contribution in [-0.2, 0) is 11.3 Å². The molecular weight excluding hydrogens is 477 g/mol. The van der Waals surface area contributed by atoms with Gasteiger partial charge in [0.05, 0.1) is 12.3 Å². The van der Waals surface area contributed by atoms with Crippen molar-refractivity contribution in [1.29, 1.82) is 0 Å². The molecule has 6 nitrogen and oxygen atoms in total. The molecule has 0 radical (unpaired) electrons. The van der Waals surface area contributed by atoms with Crippen LogP contribution in [0.25, 0.3) is 5.69 Å². The monoisotopic (exact) mass is 497 g/mol. The highest BCUT2D eigenvalue weighted by Crippen LogP contribution is 2.24. The molecule has 0 aliphatic rings. The van der Waals surface area contributed by atoms with Gasteiger partial charge in [0.1, 0.15) is 0 Å². The van der Waals surface area contributed by atoms with Crippen LogP contribution in [0.1, 0.15) is 11.4 Å². The van der Waals surface area contributed by atoms with Gasteiger partial charge in [-0.25, -0.2) is 0 Å². The van der Waals surface area contributed by atoms with E-state index in [1.807, 2.05) is 60.0 Å². The Morgan fingerprint density at radius 2 is 1.70 bits per heavy atom. The predicted octanol–water partition coefficient (Wildman–Crippen LogP) is 6.23. The fourth-order valence-corrected chi connectivity index (χ4v) is 4.19. The molecule has 1 aromatic heterocycles. The fraction of sp³-hybridized carbons (Fsp3) is 0.125. The second kappa shape index (κ2) is 10.7. The van der Waals surface area contributed by atoms with Gasteiger partial charge in [-0.15, -0.1) is 10.2 Å². The number of hydrogen-bond acceptors (Lipinski definition) is 5. The van der Waals surface area contributed by atoms with Crippen LogP contribution >= 0.6 is 35.0 Å². The van der Waals surface area contributed by atoms with Crippen molar-refractivity contribution < 1.29 is 4.79 Å². The Kier molecular flexibility index (Phi) is 7.54. The molecule has 1 heterocycles. The number of carbonyl (C=O) groups is 1. The topological polar surface area (TPSA) is 71.8 Å². The molecule has 0 aliphatic heterocycles. The molecule has 0 spiro atoms. The van der Waals surface area contributed by atoms with E-state index in [4.69, 9.17) is 23.2 Å². The van der Waals surface area contributed by atoms with Crippen molar-refractivity contribution in [2.24, 2.45) is 0 Å². The number of nitrogens with zero attached hydrogens (tertiary/aromatic N) is 3. The Bertz CT molecular complexity index is 1240. The van der Waals surface area contributed by atoms with Crippen LogP contribution in [-0.4, -0.2) is 26.4 Å². The number of thioether (sulfide) groups is 1. The van der Waals surface area contributed by atoms with Gasteiger partial charge >= 0.3 is 0 Å². The summed E-state index contributed by atoms with van der Waals surface area (Å²) < 4.78 is 1.93. The standard InChI is InChI=1S/C24H21Cl2N5OS/c1-16-5-9-19(10-6-16)27-14-22-29-30-24(31(22)21-11-7-17(25)8-12-21)33-15-23(32)28-20-4-2-3-18(26)13-20/h2-13,27H,14-15H2,1H3,(H,28,32). The van der Waals surface area contributed by atoms with E-state index in [1.54, 1.807) is 24.3 Å². The first-order valence-electron chi connectivity index (χ1n) is 10.2. The summed E-state index contributed by atoms with van der Waals surface area (Å²) in [7, 11) is 0. The number of nitrogens with one attached hydrogen (secondary N) is 2. The van der Waals surface area contributed by atoms with Crippen LogP contribution in [0.15, 0.2) is 78.0 Å². The molecule has 33 heavy (non-hydrogen) atoms. The zero-order chi connectivity index (χ0) is 23.2. The number of halogens is 2. The van der Waals surface area contributed by atoms with Gasteiger partial charge in [-0.3, -0.25) is 9.36 Å². The first-order valence-corrected chi connectivity index (χ1v) is 11.9. The van der Waals surface area contributed by atoms with Gasteiger partial charge in [0.15, 0.2) is 11.0 Å². The highest BCUT2D eigenvalue weighted by molar-refractivity contribution is 7.99. The Morgan fingerprint density at radius 1 is 0.939 bits per heavy atom. The van der Waals surface area contributed by atoms with E-state index in [1.165, 1.54) is 17.3 Å². The fourth-order valence-electron chi connectivity index (χ4n) is 3.10. The molecule has 0 atom stereocenters. The summed E-state index contributed by atoms with van der Waals surface area (Å²) in [6.07, 6.45) is 0. The Balaban J connectivity index is 1.51. The zero-order valence-corrected chi connectivity index (χ0v) is 20.1. The maximum atomic E-state index is 12.5. The summed E-state index contributed by atoms with van der Waals surface area (Å²) in [6, 6.07) is 22.6. The highest BCUT2D eigenvalue weighted by atomic mass is 35.5. The van der Waals surface area contributed by atoms with Crippen LogP contribution in [0.5, 0.6) is 0 Å². The van der Waals surface area contributed by atoms with E-state index >= 15 is 0 Å². The maximum absolute atomic E-state index is 12.5. The second-order valence-corrected chi connectivity index (χ2v) is 9.09. The molecule has 0 bridgehead atoms. The maximum Gasteiger partial charge on any atom is 0.234 e. The molecule has 0 fully saturated rings. The van der Waals surface area contributed by atoms with Crippen molar-refractivity contribution in [3.63, 3.8) is 0 Å². The number of aromatic nitrogens is 3. The van der Waals surface area contributed by atoms with Crippen molar-refractivity contribution in [2.75, 3.05) is 16.4 Å². The Morgan fingerprint density at radius 3 is 2.42 bits per heavy atom. The van der Waals surface area contributed by atoms with Crippen molar-refractivity contribution >= 4 is 52.2 Å². The van der Waals surface area contributed by atoms with Crippen molar-refractivity contribution in [1.82, 2.24) is 14.8 Å². The number of anilines is 2. The van der Waals surface area contributed by atoms with E-state index in [-0.39, 0.29) is 11.7 Å². The van der Waals surface area contributed by atoms with E-state index in [2.05, 4.69) is 20.8 Å². The lowest BCUT2D eigenvalue weighted by atomic mass is 10.2. The Hall–Kier alpha value is -3.00. The minimum atomic E-state index is -0.160. The van der Waals surface area contributed by atoms with E-state index in [0.29, 0.717) is 27.4 Å². The minimum absolute atomic E-state index is 0.160. The first-order chi connectivity index (χ1) is 16.0. The second-order valence-electron chi connectivity index (χ2n) is 7.28. The summed E-state index contributed by atoms with van der Waals surface area (Å²) in [5, 5.41) is 16.7. The predicted molar refractivity (Wildman–Crippen MR) is 136 cm³/mol. The molecule has 2 N–H and O–H groups in total. The SMILES string of the molecule is Cc1ccc(NCc2nnc(SCC(=O)Nc3cccc(Cl)c3)n2-c2ccc(Cl)cc2)cc1. The molecule has 0 saturated heterocycles. The summed E-state index contributed by atoms with van der Waals surface area (Å²) in [6.45, 7) is 2.51. The van der Waals surface area contributed by atoms with Crippen molar-refractivity contribution in [2.45, 2.75) is 18.6 Å². The van der Waals surface area contributed by atoms with E-state index < -0.39 is 0 Å². The number of aryl methyl sites for hydroxylation is 1. The largest absolute Gasteiger partial charge is 0.378 e. The lowest BCUT2D eigenvalue weighted by molar-refractivity contribution is -0.113. The zero-order valence-electron chi connectivity index (χ0n) is 17.8. The molecule has 0 saturated carbocycles. The summed E-state index contributed by atoms with van der Waals surface area (Å²) in [4.78, 5) is 12.5. The van der Waals surface area contributed by atoms with E-state index in [0.717, 1.165) is 17.2 Å². The van der Waals surface area contributed by atoms with Gasteiger partial charge < -0.3 is 10.6 Å².